The minimum Gasteiger partial charge on any atom is -0.348 e. The highest BCUT2D eigenvalue weighted by Gasteiger charge is 2.12. The first kappa shape index (κ1) is 11.9. The summed E-state index contributed by atoms with van der Waals surface area (Å²) >= 11 is 1.84. The van der Waals surface area contributed by atoms with Crippen LogP contribution in [0.25, 0.3) is 0 Å². The summed E-state index contributed by atoms with van der Waals surface area (Å²) in [5, 5.41) is 4.56. The number of nitrogens with one attached hydrogen (secondary N) is 1. The van der Waals surface area contributed by atoms with Crippen LogP contribution >= 0.6 is 11.3 Å². The molecule has 1 aliphatic rings. The van der Waals surface area contributed by atoms with Crippen LogP contribution in [0.15, 0.2) is 6.20 Å². The smallest absolute Gasteiger partial charge is 0.185 e. The zero-order chi connectivity index (χ0) is 11.2. The van der Waals surface area contributed by atoms with E-state index < -0.39 is 0 Å². The van der Waals surface area contributed by atoms with E-state index >= 15 is 0 Å². The third kappa shape index (κ3) is 3.19. The van der Waals surface area contributed by atoms with Gasteiger partial charge in [0.05, 0.1) is 0 Å². The molecule has 0 aliphatic carbocycles. The van der Waals surface area contributed by atoms with Gasteiger partial charge in [-0.3, -0.25) is 0 Å². The Hall–Kier alpha value is -0.610. The normalized spacial score (nSPS) is 17.4. The lowest BCUT2D eigenvalue weighted by molar-refractivity contribution is 0.726. The van der Waals surface area contributed by atoms with E-state index in [1.807, 2.05) is 17.5 Å². The summed E-state index contributed by atoms with van der Waals surface area (Å²) in [5.41, 5.74) is 0. The van der Waals surface area contributed by atoms with Crippen LogP contribution in [-0.4, -0.2) is 24.6 Å². The molecule has 3 nitrogen and oxygen atoms in total. The van der Waals surface area contributed by atoms with Crippen LogP contribution in [-0.2, 0) is 6.54 Å². The van der Waals surface area contributed by atoms with E-state index in [0.29, 0.717) is 0 Å². The lowest BCUT2D eigenvalue weighted by atomic mass is 10.2. The van der Waals surface area contributed by atoms with Crippen LogP contribution in [0.3, 0.4) is 0 Å². The second-order valence-corrected chi connectivity index (χ2v) is 5.38. The molecule has 0 aromatic carbocycles. The Morgan fingerprint density at radius 3 is 2.75 bits per heavy atom. The maximum atomic E-state index is 4.54. The molecule has 0 saturated carbocycles. The van der Waals surface area contributed by atoms with Crippen molar-refractivity contribution in [2.45, 2.75) is 39.2 Å². The van der Waals surface area contributed by atoms with Crippen molar-refractivity contribution in [3.8, 4) is 0 Å². The van der Waals surface area contributed by atoms with E-state index in [-0.39, 0.29) is 0 Å². The Morgan fingerprint density at radius 2 is 2.06 bits per heavy atom. The third-order valence-electron chi connectivity index (χ3n) is 2.97. The van der Waals surface area contributed by atoms with Gasteiger partial charge in [0, 0.05) is 30.7 Å². The minimum atomic E-state index is 0.960. The van der Waals surface area contributed by atoms with E-state index in [0.717, 1.165) is 13.1 Å². The molecule has 90 valence electrons. The van der Waals surface area contributed by atoms with Gasteiger partial charge in [0.1, 0.15) is 0 Å². The summed E-state index contributed by atoms with van der Waals surface area (Å²) in [7, 11) is 0. The SMILES string of the molecule is CCNCc1cnc(N2CCCCCC2)s1. The van der Waals surface area contributed by atoms with Crippen molar-refractivity contribution in [2.75, 3.05) is 24.5 Å². The molecule has 1 aromatic rings. The summed E-state index contributed by atoms with van der Waals surface area (Å²) in [6.45, 7) is 6.50. The van der Waals surface area contributed by atoms with Gasteiger partial charge in [-0.25, -0.2) is 4.98 Å². The predicted molar refractivity (Wildman–Crippen MR) is 70.2 cm³/mol. The fourth-order valence-corrected chi connectivity index (χ4v) is 2.97. The van der Waals surface area contributed by atoms with Gasteiger partial charge >= 0.3 is 0 Å². The highest BCUT2D eigenvalue weighted by atomic mass is 32.1. The largest absolute Gasteiger partial charge is 0.348 e. The van der Waals surface area contributed by atoms with Crippen molar-refractivity contribution in [2.24, 2.45) is 0 Å². The molecule has 1 aromatic heterocycles. The van der Waals surface area contributed by atoms with E-state index in [9.17, 15) is 0 Å². The Labute approximate surface area is 102 Å². The second kappa shape index (κ2) is 6.21. The first-order valence-corrected chi connectivity index (χ1v) is 7.12. The van der Waals surface area contributed by atoms with Crippen LogP contribution in [0.4, 0.5) is 5.13 Å². The minimum absolute atomic E-state index is 0.960. The number of hydrogen-bond acceptors (Lipinski definition) is 4. The molecule has 0 radical (unpaired) electrons. The highest BCUT2D eigenvalue weighted by molar-refractivity contribution is 7.15. The first-order valence-electron chi connectivity index (χ1n) is 6.30. The summed E-state index contributed by atoms with van der Waals surface area (Å²) in [5.74, 6) is 0. The molecule has 0 bridgehead atoms. The lowest BCUT2D eigenvalue weighted by Crippen LogP contribution is -2.23. The average molecular weight is 239 g/mol. The molecule has 4 heteroatoms. The lowest BCUT2D eigenvalue weighted by Gasteiger charge is -2.18. The molecule has 0 atom stereocenters. The predicted octanol–water partition coefficient (Wildman–Crippen LogP) is 2.63. The molecule has 1 saturated heterocycles. The Morgan fingerprint density at radius 1 is 1.31 bits per heavy atom. The number of hydrogen-bond donors (Lipinski definition) is 1. The molecule has 2 rings (SSSR count). The van der Waals surface area contributed by atoms with Crippen molar-refractivity contribution in [3.63, 3.8) is 0 Å². The van der Waals surface area contributed by atoms with E-state index in [1.54, 1.807) is 0 Å². The van der Waals surface area contributed by atoms with Crippen LogP contribution < -0.4 is 10.2 Å². The number of aromatic nitrogens is 1. The highest BCUT2D eigenvalue weighted by Crippen LogP contribution is 2.24. The maximum Gasteiger partial charge on any atom is 0.185 e. The van der Waals surface area contributed by atoms with Gasteiger partial charge < -0.3 is 10.2 Å². The quantitative estimate of drug-likeness (QED) is 0.875. The molecule has 1 fully saturated rings. The van der Waals surface area contributed by atoms with E-state index in [1.165, 1.54) is 48.8 Å². The molecule has 0 unspecified atom stereocenters. The van der Waals surface area contributed by atoms with Crippen molar-refractivity contribution in [3.05, 3.63) is 11.1 Å². The number of anilines is 1. The van der Waals surface area contributed by atoms with Gasteiger partial charge in [-0.2, -0.15) is 0 Å². The standard InChI is InChI=1S/C12H21N3S/c1-2-13-9-11-10-14-12(16-11)15-7-5-3-4-6-8-15/h10,13H,2-9H2,1H3. The summed E-state index contributed by atoms with van der Waals surface area (Å²) in [6, 6.07) is 0. The molecule has 1 aliphatic heterocycles. The van der Waals surface area contributed by atoms with E-state index in [2.05, 4.69) is 22.1 Å². The number of rotatable bonds is 4. The van der Waals surface area contributed by atoms with Crippen molar-refractivity contribution < 1.29 is 0 Å². The van der Waals surface area contributed by atoms with Gasteiger partial charge in [0.25, 0.3) is 0 Å². The van der Waals surface area contributed by atoms with E-state index in [4.69, 9.17) is 0 Å². The first-order chi connectivity index (χ1) is 7.90. The fraction of sp³-hybridized carbons (Fsp3) is 0.750. The molecule has 16 heavy (non-hydrogen) atoms. The van der Waals surface area contributed by atoms with Crippen LogP contribution in [0.2, 0.25) is 0 Å². The molecule has 2 heterocycles. The Bertz CT molecular complexity index is 303. The zero-order valence-corrected chi connectivity index (χ0v) is 10.9. The van der Waals surface area contributed by atoms with Crippen molar-refractivity contribution in [1.29, 1.82) is 0 Å². The fourth-order valence-electron chi connectivity index (χ4n) is 2.04. The summed E-state index contributed by atoms with van der Waals surface area (Å²) < 4.78 is 0. The molecular weight excluding hydrogens is 218 g/mol. The second-order valence-electron chi connectivity index (χ2n) is 4.29. The van der Waals surface area contributed by atoms with Gasteiger partial charge in [0.15, 0.2) is 5.13 Å². The topological polar surface area (TPSA) is 28.2 Å². The monoisotopic (exact) mass is 239 g/mol. The molecular formula is C12H21N3S. The summed E-state index contributed by atoms with van der Waals surface area (Å²) in [4.78, 5) is 8.34. The van der Waals surface area contributed by atoms with Gasteiger partial charge in [-0.1, -0.05) is 19.8 Å². The average Bonchev–Trinajstić information content (AvgIpc) is 2.60. The van der Waals surface area contributed by atoms with Gasteiger partial charge in [0.2, 0.25) is 0 Å². The number of nitrogens with zero attached hydrogens (tertiary/aromatic N) is 2. The van der Waals surface area contributed by atoms with Crippen LogP contribution in [0.5, 0.6) is 0 Å². The van der Waals surface area contributed by atoms with Crippen LogP contribution in [0.1, 0.15) is 37.5 Å². The molecule has 1 N–H and O–H groups in total. The Kier molecular flexibility index (Phi) is 4.60. The molecule has 0 spiro atoms. The van der Waals surface area contributed by atoms with Crippen molar-refractivity contribution >= 4 is 16.5 Å². The number of thiazole rings is 1. The zero-order valence-electron chi connectivity index (χ0n) is 10.0. The third-order valence-corrected chi connectivity index (χ3v) is 4.03. The van der Waals surface area contributed by atoms with Crippen molar-refractivity contribution in [1.82, 2.24) is 10.3 Å². The van der Waals surface area contributed by atoms with Gasteiger partial charge in [-0.15, -0.1) is 11.3 Å². The Balaban J connectivity index is 1.94. The van der Waals surface area contributed by atoms with Gasteiger partial charge in [-0.05, 0) is 19.4 Å². The molecule has 0 amide bonds. The van der Waals surface area contributed by atoms with Crippen LogP contribution in [0, 0.1) is 0 Å². The maximum absolute atomic E-state index is 4.54. The summed E-state index contributed by atoms with van der Waals surface area (Å²) in [6.07, 6.45) is 7.43.